The van der Waals surface area contributed by atoms with Gasteiger partial charge in [-0.1, -0.05) is 12.8 Å². The fraction of sp³-hybridized carbons (Fsp3) is 0.643. The van der Waals surface area contributed by atoms with Gasteiger partial charge in [0.05, 0.1) is 9.35 Å². The van der Waals surface area contributed by atoms with E-state index in [1.54, 1.807) is 11.3 Å². The lowest BCUT2D eigenvalue weighted by Gasteiger charge is -2.39. The zero-order valence-electron chi connectivity index (χ0n) is 11.3. The second kappa shape index (κ2) is 6.86. The highest BCUT2D eigenvalue weighted by Gasteiger charge is 2.31. The molecule has 19 heavy (non-hydrogen) atoms. The Morgan fingerprint density at radius 2 is 2.26 bits per heavy atom. The molecule has 0 aromatic carbocycles. The molecule has 0 radical (unpaired) electrons. The third-order valence-corrected chi connectivity index (χ3v) is 5.49. The molecule has 5 heteroatoms. The molecule has 0 spiro atoms. The van der Waals surface area contributed by atoms with Gasteiger partial charge >= 0.3 is 0 Å². The summed E-state index contributed by atoms with van der Waals surface area (Å²) in [7, 11) is 0. The summed E-state index contributed by atoms with van der Waals surface area (Å²) in [6.45, 7) is 3.50. The first-order valence-corrected chi connectivity index (χ1v) is 8.59. The van der Waals surface area contributed by atoms with Crippen molar-refractivity contribution >= 4 is 33.2 Å². The average molecular weight is 345 g/mol. The SMILES string of the molecule is CCN(C(=O)c1csc(Br)c1)C1CCCCC1CN. The van der Waals surface area contributed by atoms with E-state index in [0.717, 1.165) is 28.7 Å². The zero-order valence-corrected chi connectivity index (χ0v) is 13.7. The van der Waals surface area contributed by atoms with Gasteiger partial charge in [-0.3, -0.25) is 4.79 Å². The zero-order chi connectivity index (χ0) is 13.8. The number of carbonyl (C=O) groups is 1. The first-order chi connectivity index (χ1) is 9.17. The van der Waals surface area contributed by atoms with E-state index in [0.29, 0.717) is 18.5 Å². The Labute approximate surface area is 127 Å². The van der Waals surface area contributed by atoms with Gasteiger partial charge in [0.1, 0.15) is 0 Å². The fourth-order valence-electron chi connectivity index (χ4n) is 2.99. The van der Waals surface area contributed by atoms with E-state index in [1.165, 1.54) is 12.8 Å². The third kappa shape index (κ3) is 3.38. The summed E-state index contributed by atoms with van der Waals surface area (Å²) in [5.74, 6) is 0.606. The molecule has 2 N–H and O–H groups in total. The summed E-state index contributed by atoms with van der Waals surface area (Å²) in [6.07, 6.45) is 4.69. The Balaban J connectivity index is 2.16. The molecule has 3 nitrogen and oxygen atoms in total. The number of amides is 1. The number of nitrogens with two attached hydrogens (primary N) is 1. The molecule has 1 fully saturated rings. The molecule has 106 valence electrons. The minimum absolute atomic E-state index is 0.148. The lowest BCUT2D eigenvalue weighted by molar-refractivity contribution is 0.0560. The number of nitrogens with zero attached hydrogens (tertiary/aromatic N) is 1. The molecule has 2 rings (SSSR count). The summed E-state index contributed by atoms with van der Waals surface area (Å²) in [4.78, 5) is 14.6. The van der Waals surface area contributed by atoms with Crippen LogP contribution in [0.1, 0.15) is 43.0 Å². The molecule has 0 bridgehead atoms. The Kier molecular flexibility index (Phi) is 5.42. The van der Waals surface area contributed by atoms with Gasteiger partial charge in [-0.05, 0) is 54.2 Å². The molecule has 2 atom stereocenters. The molecule has 1 saturated carbocycles. The van der Waals surface area contributed by atoms with Gasteiger partial charge in [0.15, 0.2) is 0 Å². The van der Waals surface area contributed by atoms with Crippen molar-refractivity contribution < 1.29 is 4.79 Å². The number of carbonyl (C=O) groups excluding carboxylic acids is 1. The van der Waals surface area contributed by atoms with Crippen LogP contribution in [-0.4, -0.2) is 29.9 Å². The van der Waals surface area contributed by atoms with Crippen molar-refractivity contribution in [2.75, 3.05) is 13.1 Å². The smallest absolute Gasteiger partial charge is 0.254 e. The van der Waals surface area contributed by atoms with Crippen molar-refractivity contribution in [3.8, 4) is 0 Å². The maximum absolute atomic E-state index is 12.6. The maximum Gasteiger partial charge on any atom is 0.254 e. The number of hydrogen-bond donors (Lipinski definition) is 1. The van der Waals surface area contributed by atoms with Gasteiger partial charge in [-0.2, -0.15) is 0 Å². The van der Waals surface area contributed by atoms with Gasteiger partial charge < -0.3 is 10.6 Å². The number of thiophene rings is 1. The molecule has 1 aromatic heterocycles. The second-order valence-corrected chi connectivity index (χ2v) is 7.37. The van der Waals surface area contributed by atoms with Crippen LogP contribution in [0.3, 0.4) is 0 Å². The van der Waals surface area contributed by atoms with Crippen LogP contribution in [0.15, 0.2) is 15.2 Å². The highest BCUT2D eigenvalue weighted by atomic mass is 79.9. The molecule has 1 aliphatic rings. The average Bonchev–Trinajstić information content (AvgIpc) is 2.86. The monoisotopic (exact) mass is 344 g/mol. The highest BCUT2D eigenvalue weighted by Crippen LogP contribution is 2.30. The van der Waals surface area contributed by atoms with Crippen LogP contribution in [0, 0.1) is 5.92 Å². The standard InChI is InChI=1S/C14H21BrN2OS/c1-2-17(12-6-4-3-5-10(12)8-16)14(18)11-7-13(15)19-9-11/h7,9-10,12H,2-6,8,16H2,1H3. The van der Waals surface area contributed by atoms with Crippen molar-refractivity contribution in [2.24, 2.45) is 11.7 Å². The van der Waals surface area contributed by atoms with Crippen LogP contribution in [0.5, 0.6) is 0 Å². The van der Waals surface area contributed by atoms with Crippen molar-refractivity contribution in [2.45, 2.75) is 38.6 Å². The minimum atomic E-state index is 0.148. The van der Waals surface area contributed by atoms with Gasteiger partial charge in [0.25, 0.3) is 5.91 Å². The summed E-state index contributed by atoms with van der Waals surface area (Å²) in [5.41, 5.74) is 6.68. The summed E-state index contributed by atoms with van der Waals surface area (Å²) < 4.78 is 1.01. The number of hydrogen-bond acceptors (Lipinski definition) is 3. The van der Waals surface area contributed by atoms with Crippen molar-refractivity contribution in [1.82, 2.24) is 4.90 Å². The Bertz CT molecular complexity index is 435. The second-order valence-electron chi connectivity index (χ2n) is 5.08. The third-order valence-electron chi connectivity index (χ3n) is 3.99. The lowest BCUT2D eigenvalue weighted by Crippen LogP contribution is -2.47. The minimum Gasteiger partial charge on any atom is -0.336 e. The number of rotatable bonds is 4. The van der Waals surface area contributed by atoms with E-state index in [2.05, 4.69) is 22.9 Å². The van der Waals surface area contributed by atoms with E-state index in [1.807, 2.05) is 16.3 Å². The fourth-order valence-corrected chi connectivity index (χ4v) is 4.12. The molecule has 0 saturated heterocycles. The predicted octanol–water partition coefficient (Wildman–Crippen LogP) is 3.49. The van der Waals surface area contributed by atoms with E-state index in [4.69, 9.17) is 5.73 Å². The van der Waals surface area contributed by atoms with Crippen LogP contribution in [-0.2, 0) is 0 Å². The molecular weight excluding hydrogens is 324 g/mol. The molecule has 1 amide bonds. The topological polar surface area (TPSA) is 46.3 Å². The molecular formula is C14H21BrN2OS. The normalized spacial score (nSPS) is 23.3. The molecule has 1 aromatic rings. The quantitative estimate of drug-likeness (QED) is 0.908. The Hall–Kier alpha value is -0.390. The predicted molar refractivity (Wildman–Crippen MR) is 83.5 cm³/mol. The highest BCUT2D eigenvalue weighted by molar-refractivity contribution is 9.11. The molecule has 1 aliphatic carbocycles. The van der Waals surface area contributed by atoms with Gasteiger partial charge in [-0.25, -0.2) is 0 Å². The van der Waals surface area contributed by atoms with Crippen LogP contribution in [0.25, 0.3) is 0 Å². The van der Waals surface area contributed by atoms with Crippen molar-refractivity contribution in [3.63, 3.8) is 0 Å². The molecule has 1 heterocycles. The van der Waals surface area contributed by atoms with Gasteiger partial charge in [0, 0.05) is 18.0 Å². The maximum atomic E-state index is 12.6. The van der Waals surface area contributed by atoms with Gasteiger partial charge in [0.2, 0.25) is 0 Å². The summed E-state index contributed by atoms with van der Waals surface area (Å²) in [6, 6.07) is 2.23. The van der Waals surface area contributed by atoms with E-state index >= 15 is 0 Å². The van der Waals surface area contributed by atoms with Crippen LogP contribution >= 0.6 is 27.3 Å². The first kappa shape index (κ1) is 15.0. The van der Waals surface area contributed by atoms with E-state index < -0.39 is 0 Å². The molecule has 0 aliphatic heterocycles. The van der Waals surface area contributed by atoms with Crippen LogP contribution in [0.4, 0.5) is 0 Å². The van der Waals surface area contributed by atoms with E-state index in [-0.39, 0.29) is 5.91 Å². The lowest BCUT2D eigenvalue weighted by atomic mass is 9.83. The molecule has 2 unspecified atom stereocenters. The first-order valence-electron chi connectivity index (χ1n) is 6.92. The Morgan fingerprint density at radius 3 is 2.84 bits per heavy atom. The van der Waals surface area contributed by atoms with Crippen molar-refractivity contribution in [3.05, 3.63) is 20.8 Å². The Morgan fingerprint density at radius 1 is 1.53 bits per heavy atom. The summed E-state index contributed by atoms with van der Waals surface area (Å²) >= 11 is 4.98. The van der Waals surface area contributed by atoms with E-state index in [9.17, 15) is 4.79 Å². The largest absolute Gasteiger partial charge is 0.336 e. The van der Waals surface area contributed by atoms with Crippen molar-refractivity contribution in [1.29, 1.82) is 0 Å². The van der Waals surface area contributed by atoms with Crippen LogP contribution in [0.2, 0.25) is 0 Å². The van der Waals surface area contributed by atoms with Gasteiger partial charge in [-0.15, -0.1) is 11.3 Å². The van der Waals surface area contributed by atoms with Crippen LogP contribution < -0.4 is 5.73 Å². The number of halogens is 1. The summed E-state index contributed by atoms with van der Waals surface area (Å²) in [5, 5.41) is 1.93.